The van der Waals surface area contributed by atoms with Crippen LogP contribution in [0, 0.1) is 0 Å². The highest BCUT2D eigenvalue weighted by molar-refractivity contribution is 5.99. The molecule has 11 nitrogen and oxygen atoms in total. The van der Waals surface area contributed by atoms with Gasteiger partial charge in [-0.05, 0) is 18.6 Å². The van der Waals surface area contributed by atoms with E-state index in [1.165, 1.54) is 0 Å². The molecule has 12 heteroatoms. The second-order valence-electron chi connectivity index (χ2n) is 6.45. The Kier molecular flexibility index (Phi) is 9.12. The molecule has 1 unspecified atom stereocenters. The predicted molar refractivity (Wildman–Crippen MR) is 112 cm³/mol. The molecule has 1 aromatic heterocycles. The third-order valence-corrected chi connectivity index (χ3v) is 4.41. The summed E-state index contributed by atoms with van der Waals surface area (Å²) in [6, 6.07) is 4.33. The van der Waals surface area contributed by atoms with Gasteiger partial charge in [0.2, 0.25) is 5.91 Å². The van der Waals surface area contributed by atoms with Gasteiger partial charge in [0, 0.05) is 25.2 Å². The quantitative estimate of drug-likeness (QED) is 0.331. The van der Waals surface area contributed by atoms with E-state index in [-0.39, 0.29) is 31.2 Å². The predicted octanol–water partition coefficient (Wildman–Crippen LogP) is -0.405. The smallest absolute Gasteiger partial charge is 0.280 e. The van der Waals surface area contributed by atoms with Gasteiger partial charge in [-0.1, -0.05) is 11.3 Å². The summed E-state index contributed by atoms with van der Waals surface area (Å²) in [6.07, 6.45) is 0.356. The van der Waals surface area contributed by atoms with E-state index in [9.17, 15) is 14.4 Å². The summed E-state index contributed by atoms with van der Waals surface area (Å²) in [5.74, 6) is -0.906. The number of nitrogens with zero attached hydrogens (tertiary/aromatic N) is 3. The minimum atomic E-state index is -0.859. The SMILES string of the molecule is Cl.NCCOCCOCCNc1cccc2nnn(C3CCC(=O)NC3=O)c(=O)c12. The largest absolute Gasteiger partial charge is 0.382 e. The van der Waals surface area contributed by atoms with Crippen molar-refractivity contribution in [2.75, 3.05) is 44.8 Å². The van der Waals surface area contributed by atoms with Crippen LogP contribution in [0.2, 0.25) is 0 Å². The zero-order chi connectivity index (χ0) is 20.6. The first-order valence-electron chi connectivity index (χ1n) is 9.43. The normalized spacial score (nSPS) is 16.2. The number of carbonyl (C=O) groups is 2. The van der Waals surface area contributed by atoms with Crippen LogP contribution in [0.4, 0.5) is 5.69 Å². The maximum atomic E-state index is 13.0. The van der Waals surface area contributed by atoms with Crippen molar-refractivity contribution in [1.82, 2.24) is 20.3 Å². The number of carbonyl (C=O) groups excluding carboxylic acids is 2. The second-order valence-corrected chi connectivity index (χ2v) is 6.45. The molecule has 0 aliphatic carbocycles. The van der Waals surface area contributed by atoms with Gasteiger partial charge in [0.15, 0.2) is 0 Å². The highest BCUT2D eigenvalue weighted by Crippen LogP contribution is 2.20. The number of hydrogen-bond donors (Lipinski definition) is 3. The molecule has 3 rings (SSSR count). The molecule has 0 bridgehead atoms. The van der Waals surface area contributed by atoms with E-state index in [1.54, 1.807) is 18.2 Å². The molecule has 164 valence electrons. The number of piperidine rings is 1. The van der Waals surface area contributed by atoms with Gasteiger partial charge < -0.3 is 20.5 Å². The van der Waals surface area contributed by atoms with E-state index < -0.39 is 17.5 Å². The van der Waals surface area contributed by atoms with E-state index in [0.29, 0.717) is 56.1 Å². The molecule has 2 aromatic rings. The number of amides is 2. The van der Waals surface area contributed by atoms with Gasteiger partial charge in [-0.25, -0.2) is 0 Å². The van der Waals surface area contributed by atoms with Crippen LogP contribution in [0.5, 0.6) is 0 Å². The van der Waals surface area contributed by atoms with Crippen LogP contribution in [-0.2, 0) is 19.1 Å². The number of aromatic nitrogens is 3. The molecule has 0 radical (unpaired) electrons. The standard InChI is InChI=1S/C18H24N6O5.ClH/c19-6-8-28-10-11-29-9-7-20-12-2-1-3-13-16(12)18(27)24(23-22-13)14-4-5-15(25)21-17(14)26;/h1-3,14,20H,4-11,19H2,(H,21,25,26);1H. The average molecular weight is 441 g/mol. The van der Waals surface area contributed by atoms with Crippen LogP contribution in [-0.4, -0.2) is 66.3 Å². The van der Waals surface area contributed by atoms with E-state index >= 15 is 0 Å². The first-order chi connectivity index (χ1) is 14.1. The van der Waals surface area contributed by atoms with Crippen LogP contribution < -0.4 is 21.9 Å². The Morgan fingerprint density at radius 1 is 1.17 bits per heavy atom. The van der Waals surface area contributed by atoms with E-state index in [1.807, 2.05) is 0 Å². The highest BCUT2D eigenvalue weighted by Gasteiger charge is 2.30. The van der Waals surface area contributed by atoms with Crippen LogP contribution in [0.15, 0.2) is 23.0 Å². The zero-order valence-corrected chi connectivity index (χ0v) is 17.2. The van der Waals surface area contributed by atoms with Crippen molar-refractivity contribution in [1.29, 1.82) is 0 Å². The fourth-order valence-electron chi connectivity index (χ4n) is 3.03. The Bertz CT molecular complexity index is 937. The number of nitrogens with one attached hydrogen (secondary N) is 2. The number of ether oxygens (including phenoxy) is 2. The molecule has 0 saturated carbocycles. The van der Waals surface area contributed by atoms with Gasteiger partial charge in [0.25, 0.3) is 11.5 Å². The molecular formula is C18H25ClN6O5. The van der Waals surface area contributed by atoms with Gasteiger partial charge >= 0.3 is 0 Å². The van der Waals surface area contributed by atoms with Crippen LogP contribution >= 0.6 is 12.4 Å². The maximum Gasteiger partial charge on any atom is 0.280 e. The van der Waals surface area contributed by atoms with Crippen molar-refractivity contribution in [3.05, 3.63) is 28.6 Å². The van der Waals surface area contributed by atoms with Crippen molar-refractivity contribution in [3.63, 3.8) is 0 Å². The van der Waals surface area contributed by atoms with Gasteiger partial charge in [0.05, 0.1) is 31.8 Å². The van der Waals surface area contributed by atoms with Gasteiger partial charge in [-0.3, -0.25) is 19.7 Å². The minimum absolute atomic E-state index is 0. The number of hydrogen-bond acceptors (Lipinski definition) is 9. The molecule has 1 fully saturated rings. The van der Waals surface area contributed by atoms with Gasteiger partial charge in [-0.2, -0.15) is 4.68 Å². The third kappa shape index (κ3) is 5.72. The molecule has 0 spiro atoms. The zero-order valence-electron chi connectivity index (χ0n) is 16.3. The lowest BCUT2D eigenvalue weighted by atomic mass is 10.1. The number of fused-ring (bicyclic) bond motifs is 1. The Hall–Kier alpha value is -2.60. The maximum absolute atomic E-state index is 13.0. The lowest BCUT2D eigenvalue weighted by Crippen LogP contribution is -2.45. The summed E-state index contributed by atoms with van der Waals surface area (Å²) < 4.78 is 11.7. The second kappa shape index (κ2) is 11.6. The summed E-state index contributed by atoms with van der Waals surface area (Å²) in [4.78, 5) is 36.5. The molecule has 2 amide bonds. The van der Waals surface area contributed by atoms with Crippen molar-refractivity contribution < 1.29 is 19.1 Å². The molecule has 1 aliphatic heterocycles. The summed E-state index contributed by atoms with van der Waals surface area (Å²) in [5, 5.41) is 13.7. The van der Waals surface area contributed by atoms with E-state index in [4.69, 9.17) is 15.2 Å². The summed E-state index contributed by atoms with van der Waals surface area (Å²) in [5.41, 5.74) is 5.89. The number of anilines is 1. The summed E-state index contributed by atoms with van der Waals surface area (Å²) >= 11 is 0. The van der Waals surface area contributed by atoms with Crippen LogP contribution in [0.3, 0.4) is 0 Å². The summed E-state index contributed by atoms with van der Waals surface area (Å²) in [6.45, 7) is 2.78. The van der Waals surface area contributed by atoms with Crippen molar-refractivity contribution in [2.45, 2.75) is 18.9 Å². The van der Waals surface area contributed by atoms with Crippen LogP contribution in [0.25, 0.3) is 10.9 Å². The fraction of sp³-hybridized carbons (Fsp3) is 0.500. The number of rotatable bonds is 10. The molecular weight excluding hydrogens is 416 g/mol. The first-order valence-corrected chi connectivity index (χ1v) is 9.43. The lowest BCUT2D eigenvalue weighted by molar-refractivity contribution is -0.136. The fourth-order valence-corrected chi connectivity index (χ4v) is 3.03. The Morgan fingerprint density at radius 2 is 1.93 bits per heavy atom. The first kappa shape index (κ1) is 23.7. The molecule has 1 aromatic carbocycles. The van der Waals surface area contributed by atoms with Crippen LogP contribution in [0.1, 0.15) is 18.9 Å². The average Bonchev–Trinajstić information content (AvgIpc) is 2.71. The van der Waals surface area contributed by atoms with E-state index in [0.717, 1.165) is 4.68 Å². The Balaban J connectivity index is 0.00000320. The number of imide groups is 1. The summed E-state index contributed by atoms with van der Waals surface area (Å²) in [7, 11) is 0. The lowest BCUT2D eigenvalue weighted by Gasteiger charge is -2.21. The van der Waals surface area contributed by atoms with E-state index in [2.05, 4.69) is 20.9 Å². The molecule has 2 heterocycles. The van der Waals surface area contributed by atoms with Gasteiger partial charge in [-0.15, -0.1) is 17.5 Å². The molecule has 1 aliphatic rings. The monoisotopic (exact) mass is 440 g/mol. The van der Waals surface area contributed by atoms with Crippen molar-refractivity contribution in [3.8, 4) is 0 Å². The molecule has 1 atom stereocenters. The number of benzene rings is 1. The molecule has 1 saturated heterocycles. The third-order valence-electron chi connectivity index (χ3n) is 4.41. The Labute approximate surface area is 178 Å². The highest BCUT2D eigenvalue weighted by atomic mass is 35.5. The molecule has 4 N–H and O–H groups in total. The van der Waals surface area contributed by atoms with Crippen molar-refractivity contribution >= 4 is 40.8 Å². The number of nitrogens with two attached hydrogens (primary N) is 1. The van der Waals surface area contributed by atoms with Gasteiger partial charge in [0.1, 0.15) is 11.6 Å². The Morgan fingerprint density at radius 3 is 2.67 bits per heavy atom. The minimum Gasteiger partial charge on any atom is -0.382 e. The molecule has 30 heavy (non-hydrogen) atoms. The number of halogens is 1. The topological polar surface area (TPSA) is 150 Å². The van der Waals surface area contributed by atoms with Crippen molar-refractivity contribution in [2.24, 2.45) is 5.73 Å².